The first kappa shape index (κ1) is 21.2. The fraction of sp³-hybridized carbons (Fsp3) is 0.556. The third-order valence-corrected chi connectivity index (χ3v) is 5.59. The highest BCUT2D eigenvalue weighted by Gasteiger charge is 2.40. The Labute approximate surface area is 162 Å². The number of benzene rings is 1. The predicted octanol–water partition coefficient (Wildman–Crippen LogP) is 3.05. The van der Waals surface area contributed by atoms with Crippen molar-refractivity contribution in [2.45, 2.75) is 43.7 Å². The molecule has 0 spiro atoms. The number of thioether (sulfide) groups is 1. The summed E-state index contributed by atoms with van der Waals surface area (Å²) in [5, 5.41) is 20.8. The lowest BCUT2D eigenvalue weighted by Crippen LogP contribution is -2.40. The zero-order chi connectivity index (χ0) is 20.1. The van der Waals surface area contributed by atoms with Gasteiger partial charge < -0.3 is 14.7 Å². The van der Waals surface area contributed by atoms with Gasteiger partial charge in [-0.1, -0.05) is 13.8 Å². The lowest BCUT2D eigenvalue weighted by Gasteiger charge is -2.21. The third-order valence-electron chi connectivity index (χ3n) is 4.50. The molecule has 1 aliphatic heterocycles. The Morgan fingerprint density at radius 2 is 2.15 bits per heavy atom. The fourth-order valence-electron chi connectivity index (χ4n) is 2.91. The van der Waals surface area contributed by atoms with Crippen LogP contribution in [-0.2, 0) is 9.53 Å². The highest BCUT2D eigenvalue weighted by molar-refractivity contribution is 7.99. The molecule has 0 aliphatic carbocycles. The van der Waals surface area contributed by atoms with E-state index in [1.54, 1.807) is 6.07 Å². The van der Waals surface area contributed by atoms with Crippen LogP contribution in [0.3, 0.4) is 0 Å². The first-order chi connectivity index (χ1) is 12.7. The van der Waals surface area contributed by atoms with Crippen molar-refractivity contribution in [1.29, 1.82) is 0 Å². The lowest BCUT2D eigenvalue weighted by molar-refractivity contribution is -0.387. The summed E-state index contributed by atoms with van der Waals surface area (Å²) in [4.78, 5) is 36.9. The Bertz CT molecular complexity index is 724. The minimum absolute atomic E-state index is 0.109. The average molecular weight is 396 g/mol. The van der Waals surface area contributed by atoms with Crippen molar-refractivity contribution in [3.05, 3.63) is 33.9 Å². The molecule has 0 bridgehead atoms. The molecule has 1 aromatic carbocycles. The van der Waals surface area contributed by atoms with E-state index in [2.05, 4.69) is 13.8 Å². The summed E-state index contributed by atoms with van der Waals surface area (Å²) in [5.41, 5.74) is -0.0260. The Hall–Kier alpha value is -2.13. The van der Waals surface area contributed by atoms with Gasteiger partial charge in [-0.2, -0.15) is 0 Å². The van der Waals surface area contributed by atoms with E-state index in [9.17, 15) is 24.8 Å². The molecular weight excluding hydrogens is 372 g/mol. The molecule has 1 aliphatic rings. The molecular formula is C18H24N2O6S. The van der Waals surface area contributed by atoms with Gasteiger partial charge in [-0.05, 0) is 30.2 Å². The Morgan fingerprint density at radius 3 is 2.70 bits per heavy atom. The standard InChI is InChI=1S/C18H24N2O6S/c1-11(2)6-7-27-16-5-4-12(8-14(16)20(24)25)17(21)19-10-13(26-3)9-15(19)18(22)23/h4-5,8,11,13,15H,6-7,9-10H2,1-3H3,(H,22,23). The summed E-state index contributed by atoms with van der Waals surface area (Å²) < 4.78 is 5.18. The Balaban J connectivity index is 2.24. The summed E-state index contributed by atoms with van der Waals surface area (Å²) in [5.74, 6) is -0.412. The van der Waals surface area contributed by atoms with Crippen LogP contribution < -0.4 is 0 Å². The first-order valence-electron chi connectivity index (χ1n) is 8.72. The number of rotatable bonds is 8. The van der Waals surface area contributed by atoms with Gasteiger partial charge in [0.2, 0.25) is 0 Å². The van der Waals surface area contributed by atoms with Crippen LogP contribution in [0.1, 0.15) is 37.0 Å². The normalized spacial score (nSPS) is 19.5. The van der Waals surface area contributed by atoms with Gasteiger partial charge in [0.1, 0.15) is 6.04 Å². The van der Waals surface area contributed by atoms with Crippen LogP contribution in [0, 0.1) is 16.0 Å². The zero-order valence-corrected chi connectivity index (χ0v) is 16.4. The van der Waals surface area contributed by atoms with E-state index in [0.717, 1.165) is 12.2 Å². The average Bonchev–Trinajstić information content (AvgIpc) is 3.05. The van der Waals surface area contributed by atoms with Crippen molar-refractivity contribution in [3.8, 4) is 0 Å². The van der Waals surface area contributed by atoms with E-state index >= 15 is 0 Å². The topological polar surface area (TPSA) is 110 Å². The zero-order valence-electron chi connectivity index (χ0n) is 15.6. The van der Waals surface area contributed by atoms with Crippen molar-refractivity contribution >= 4 is 29.3 Å². The number of nitro groups is 1. The second kappa shape index (κ2) is 9.18. The molecule has 0 aromatic heterocycles. The summed E-state index contributed by atoms with van der Waals surface area (Å²) in [6.45, 7) is 4.31. The van der Waals surface area contributed by atoms with Gasteiger partial charge in [0.25, 0.3) is 11.6 Å². The van der Waals surface area contributed by atoms with Gasteiger partial charge in [-0.25, -0.2) is 4.79 Å². The molecule has 0 radical (unpaired) electrons. The number of hydrogen-bond donors (Lipinski definition) is 1. The van der Waals surface area contributed by atoms with Gasteiger partial charge in [-0.3, -0.25) is 14.9 Å². The van der Waals surface area contributed by atoms with Crippen LogP contribution in [0.5, 0.6) is 0 Å². The molecule has 1 saturated heterocycles. The van der Waals surface area contributed by atoms with Crippen LogP contribution in [0.2, 0.25) is 0 Å². The molecule has 2 unspecified atom stereocenters. The predicted molar refractivity (Wildman–Crippen MR) is 101 cm³/mol. The van der Waals surface area contributed by atoms with E-state index in [0.29, 0.717) is 10.8 Å². The van der Waals surface area contributed by atoms with Gasteiger partial charge in [0, 0.05) is 31.7 Å². The van der Waals surface area contributed by atoms with Crippen molar-refractivity contribution < 1.29 is 24.4 Å². The third kappa shape index (κ3) is 5.20. The number of likely N-dealkylation sites (tertiary alicyclic amines) is 1. The van der Waals surface area contributed by atoms with E-state index in [4.69, 9.17) is 4.74 Å². The quantitative estimate of drug-likeness (QED) is 0.408. The number of carboxylic acids is 1. The summed E-state index contributed by atoms with van der Waals surface area (Å²) in [7, 11) is 1.46. The van der Waals surface area contributed by atoms with Gasteiger partial charge in [-0.15, -0.1) is 11.8 Å². The monoisotopic (exact) mass is 396 g/mol. The van der Waals surface area contributed by atoms with E-state index in [1.807, 2.05) is 0 Å². The fourth-order valence-corrected chi connectivity index (χ4v) is 4.17. The van der Waals surface area contributed by atoms with E-state index in [-0.39, 0.29) is 30.3 Å². The number of aliphatic carboxylic acids is 1. The second-order valence-corrected chi connectivity index (χ2v) is 8.01. The maximum absolute atomic E-state index is 12.8. The van der Waals surface area contributed by atoms with Gasteiger partial charge in [0.05, 0.1) is 15.9 Å². The highest BCUT2D eigenvalue weighted by Crippen LogP contribution is 2.32. The molecule has 27 heavy (non-hydrogen) atoms. The number of amides is 1. The molecule has 1 heterocycles. The van der Waals surface area contributed by atoms with Crippen LogP contribution >= 0.6 is 11.8 Å². The largest absolute Gasteiger partial charge is 0.480 e. The molecule has 1 N–H and O–H groups in total. The second-order valence-electron chi connectivity index (χ2n) is 6.88. The van der Waals surface area contributed by atoms with Crippen molar-refractivity contribution in [2.75, 3.05) is 19.4 Å². The number of nitro benzene ring substituents is 1. The number of hydrogen-bond acceptors (Lipinski definition) is 6. The van der Waals surface area contributed by atoms with Crippen LogP contribution in [0.15, 0.2) is 23.1 Å². The first-order valence-corrected chi connectivity index (χ1v) is 9.71. The number of carbonyl (C=O) groups is 2. The van der Waals surface area contributed by atoms with Crippen molar-refractivity contribution in [3.63, 3.8) is 0 Å². The minimum Gasteiger partial charge on any atom is -0.480 e. The molecule has 2 atom stereocenters. The molecule has 1 fully saturated rings. The number of carboxylic acid groups (broad SMARTS) is 1. The summed E-state index contributed by atoms with van der Waals surface area (Å²) in [6.07, 6.45) is 0.758. The molecule has 1 amide bonds. The maximum atomic E-state index is 12.8. The molecule has 2 rings (SSSR count). The van der Waals surface area contributed by atoms with Crippen molar-refractivity contribution in [2.24, 2.45) is 5.92 Å². The molecule has 148 valence electrons. The number of methoxy groups -OCH3 is 1. The molecule has 1 aromatic rings. The minimum atomic E-state index is -1.11. The van der Waals surface area contributed by atoms with E-state index in [1.165, 1.54) is 35.9 Å². The molecule has 8 nitrogen and oxygen atoms in total. The lowest BCUT2D eigenvalue weighted by atomic mass is 10.1. The maximum Gasteiger partial charge on any atom is 0.326 e. The van der Waals surface area contributed by atoms with Gasteiger partial charge >= 0.3 is 5.97 Å². The van der Waals surface area contributed by atoms with Crippen LogP contribution in [-0.4, -0.2) is 58.4 Å². The number of carbonyl (C=O) groups excluding carboxylic acids is 1. The summed E-state index contributed by atoms with van der Waals surface area (Å²) >= 11 is 1.39. The molecule has 0 saturated carbocycles. The number of nitrogens with zero attached hydrogens (tertiary/aromatic N) is 2. The Kier molecular flexibility index (Phi) is 7.20. The van der Waals surface area contributed by atoms with Crippen LogP contribution in [0.25, 0.3) is 0 Å². The van der Waals surface area contributed by atoms with Crippen LogP contribution in [0.4, 0.5) is 5.69 Å². The van der Waals surface area contributed by atoms with E-state index < -0.39 is 22.8 Å². The Morgan fingerprint density at radius 1 is 1.44 bits per heavy atom. The smallest absolute Gasteiger partial charge is 0.326 e. The summed E-state index contributed by atoms with van der Waals surface area (Å²) in [6, 6.07) is 3.32. The highest BCUT2D eigenvalue weighted by atomic mass is 32.2. The number of ether oxygens (including phenoxy) is 1. The van der Waals surface area contributed by atoms with Gasteiger partial charge in [0.15, 0.2) is 0 Å². The van der Waals surface area contributed by atoms with Crippen molar-refractivity contribution in [1.82, 2.24) is 4.90 Å². The SMILES string of the molecule is COC1CC(C(=O)O)N(C(=O)c2ccc(SCCC(C)C)c([N+](=O)[O-])c2)C1. The molecule has 9 heteroatoms.